The molecule has 0 bridgehead atoms. The summed E-state index contributed by atoms with van der Waals surface area (Å²) in [7, 11) is 0. The Bertz CT molecular complexity index is 537. The van der Waals surface area contributed by atoms with Crippen LogP contribution in [-0.2, 0) is 12.0 Å². The summed E-state index contributed by atoms with van der Waals surface area (Å²) >= 11 is 5.93. The molecule has 0 fully saturated rings. The first-order chi connectivity index (χ1) is 8.51. The second kappa shape index (κ2) is 5.08. The molecule has 2 N–H and O–H groups in total. The zero-order valence-electron chi connectivity index (χ0n) is 10.5. The van der Waals surface area contributed by atoms with Crippen LogP contribution in [0.25, 0.3) is 0 Å². The van der Waals surface area contributed by atoms with Gasteiger partial charge in [0.25, 0.3) is 0 Å². The third-order valence-electron chi connectivity index (χ3n) is 2.94. The summed E-state index contributed by atoms with van der Waals surface area (Å²) < 4.78 is 5.20. The van der Waals surface area contributed by atoms with Crippen molar-refractivity contribution in [2.75, 3.05) is 0 Å². The van der Waals surface area contributed by atoms with E-state index in [1.54, 1.807) is 0 Å². The smallest absolute Gasteiger partial charge is 0.246 e. The van der Waals surface area contributed by atoms with E-state index in [0.717, 1.165) is 12.0 Å². The Morgan fingerprint density at radius 3 is 2.89 bits per heavy atom. The molecule has 2 aromatic rings. The van der Waals surface area contributed by atoms with Gasteiger partial charge in [-0.3, -0.25) is 0 Å². The van der Waals surface area contributed by atoms with E-state index in [4.69, 9.17) is 21.9 Å². The molecule has 96 valence electrons. The number of rotatable bonds is 4. The van der Waals surface area contributed by atoms with Gasteiger partial charge in [0.15, 0.2) is 5.82 Å². The van der Waals surface area contributed by atoms with E-state index in [1.165, 1.54) is 0 Å². The predicted octanol–water partition coefficient (Wildman–Crippen LogP) is 2.90. The van der Waals surface area contributed by atoms with E-state index in [2.05, 4.69) is 10.1 Å². The minimum absolute atomic E-state index is 0.474. The SMILES string of the molecule is CCC(C)(N)c1nc(Cc2cccc(Cl)c2)no1. The first-order valence-corrected chi connectivity index (χ1v) is 6.25. The highest BCUT2D eigenvalue weighted by Gasteiger charge is 2.26. The highest BCUT2D eigenvalue weighted by molar-refractivity contribution is 6.30. The van der Waals surface area contributed by atoms with E-state index < -0.39 is 5.54 Å². The maximum Gasteiger partial charge on any atom is 0.246 e. The highest BCUT2D eigenvalue weighted by atomic mass is 35.5. The molecule has 0 aliphatic heterocycles. The van der Waals surface area contributed by atoms with Crippen molar-refractivity contribution in [3.05, 3.63) is 46.6 Å². The third-order valence-corrected chi connectivity index (χ3v) is 3.18. The molecule has 1 unspecified atom stereocenters. The summed E-state index contributed by atoms with van der Waals surface area (Å²) in [5, 5.41) is 4.65. The van der Waals surface area contributed by atoms with Crippen LogP contribution in [0.3, 0.4) is 0 Å². The van der Waals surface area contributed by atoms with Gasteiger partial charge in [-0.05, 0) is 31.0 Å². The lowest BCUT2D eigenvalue weighted by atomic mass is 10.0. The summed E-state index contributed by atoms with van der Waals surface area (Å²) in [4.78, 5) is 4.33. The number of hydrogen-bond acceptors (Lipinski definition) is 4. The second-order valence-corrected chi connectivity index (χ2v) is 5.03. The number of nitrogens with zero attached hydrogens (tertiary/aromatic N) is 2. The summed E-state index contributed by atoms with van der Waals surface area (Å²) in [6.45, 7) is 3.87. The summed E-state index contributed by atoms with van der Waals surface area (Å²) in [6.07, 6.45) is 1.33. The fourth-order valence-corrected chi connectivity index (χ4v) is 1.75. The standard InChI is InChI=1S/C13H16ClN3O/c1-3-13(2,15)12-16-11(17-18-12)8-9-5-4-6-10(14)7-9/h4-7H,3,8,15H2,1-2H3. The van der Waals surface area contributed by atoms with E-state index >= 15 is 0 Å². The number of nitrogens with two attached hydrogens (primary N) is 1. The maximum atomic E-state index is 6.05. The number of aromatic nitrogens is 2. The van der Waals surface area contributed by atoms with E-state index in [1.807, 2.05) is 38.1 Å². The zero-order chi connectivity index (χ0) is 13.2. The Labute approximate surface area is 111 Å². The van der Waals surface area contributed by atoms with E-state index in [9.17, 15) is 0 Å². The molecule has 1 heterocycles. The van der Waals surface area contributed by atoms with E-state index in [0.29, 0.717) is 23.2 Å². The Balaban J connectivity index is 2.16. The molecule has 5 heteroatoms. The number of benzene rings is 1. The topological polar surface area (TPSA) is 64.9 Å². The molecular weight excluding hydrogens is 250 g/mol. The van der Waals surface area contributed by atoms with Gasteiger partial charge in [0, 0.05) is 11.4 Å². The van der Waals surface area contributed by atoms with Crippen LogP contribution in [0.5, 0.6) is 0 Å². The Kier molecular flexibility index (Phi) is 3.68. The minimum atomic E-state index is -0.570. The molecule has 0 saturated carbocycles. The third kappa shape index (κ3) is 2.89. The average Bonchev–Trinajstić information content (AvgIpc) is 2.78. The van der Waals surface area contributed by atoms with Gasteiger partial charge >= 0.3 is 0 Å². The normalized spacial score (nSPS) is 14.4. The van der Waals surface area contributed by atoms with Crippen molar-refractivity contribution in [3.63, 3.8) is 0 Å². The van der Waals surface area contributed by atoms with Crippen molar-refractivity contribution >= 4 is 11.6 Å². The van der Waals surface area contributed by atoms with Crippen LogP contribution in [0.4, 0.5) is 0 Å². The largest absolute Gasteiger partial charge is 0.337 e. The Morgan fingerprint density at radius 2 is 2.22 bits per heavy atom. The first kappa shape index (κ1) is 13.1. The van der Waals surface area contributed by atoms with Crippen molar-refractivity contribution in [2.24, 2.45) is 5.73 Å². The monoisotopic (exact) mass is 265 g/mol. The van der Waals surface area contributed by atoms with Gasteiger partial charge in [-0.15, -0.1) is 0 Å². The van der Waals surface area contributed by atoms with Gasteiger partial charge in [0.05, 0.1) is 5.54 Å². The molecule has 1 aromatic carbocycles. The quantitative estimate of drug-likeness (QED) is 0.923. The fourth-order valence-electron chi connectivity index (χ4n) is 1.54. The highest BCUT2D eigenvalue weighted by Crippen LogP contribution is 2.20. The molecule has 0 spiro atoms. The van der Waals surface area contributed by atoms with E-state index in [-0.39, 0.29) is 0 Å². The van der Waals surface area contributed by atoms with Crippen molar-refractivity contribution in [2.45, 2.75) is 32.2 Å². The lowest BCUT2D eigenvalue weighted by Gasteiger charge is -2.16. The Hall–Kier alpha value is -1.39. The van der Waals surface area contributed by atoms with Crippen LogP contribution in [0.2, 0.25) is 5.02 Å². The minimum Gasteiger partial charge on any atom is -0.337 e. The van der Waals surface area contributed by atoms with Crippen molar-refractivity contribution in [1.82, 2.24) is 10.1 Å². The molecule has 1 atom stereocenters. The lowest BCUT2D eigenvalue weighted by molar-refractivity contribution is 0.290. The van der Waals surface area contributed by atoms with Crippen LogP contribution in [0.1, 0.15) is 37.5 Å². The summed E-state index contributed by atoms with van der Waals surface area (Å²) in [5.74, 6) is 1.10. The molecular formula is C13H16ClN3O. The van der Waals surface area contributed by atoms with Crippen LogP contribution < -0.4 is 5.73 Å². The first-order valence-electron chi connectivity index (χ1n) is 5.87. The van der Waals surface area contributed by atoms with Crippen LogP contribution in [0, 0.1) is 0 Å². The van der Waals surface area contributed by atoms with Crippen molar-refractivity contribution in [1.29, 1.82) is 0 Å². The van der Waals surface area contributed by atoms with Crippen LogP contribution in [-0.4, -0.2) is 10.1 Å². The Morgan fingerprint density at radius 1 is 1.44 bits per heavy atom. The van der Waals surface area contributed by atoms with Gasteiger partial charge in [-0.1, -0.05) is 35.8 Å². The average molecular weight is 266 g/mol. The maximum absolute atomic E-state index is 6.05. The van der Waals surface area contributed by atoms with Gasteiger partial charge in [-0.2, -0.15) is 4.98 Å². The molecule has 0 amide bonds. The molecule has 0 radical (unpaired) electrons. The van der Waals surface area contributed by atoms with Crippen molar-refractivity contribution < 1.29 is 4.52 Å². The molecule has 0 aliphatic rings. The fraction of sp³-hybridized carbons (Fsp3) is 0.385. The van der Waals surface area contributed by atoms with Gasteiger partial charge in [0.1, 0.15) is 0 Å². The van der Waals surface area contributed by atoms with Crippen LogP contribution >= 0.6 is 11.6 Å². The number of halogens is 1. The van der Waals surface area contributed by atoms with Gasteiger partial charge in [0.2, 0.25) is 5.89 Å². The number of hydrogen-bond donors (Lipinski definition) is 1. The molecule has 18 heavy (non-hydrogen) atoms. The second-order valence-electron chi connectivity index (χ2n) is 4.59. The molecule has 1 aromatic heterocycles. The summed E-state index contributed by atoms with van der Waals surface area (Å²) in [5.41, 5.74) is 6.53. The molecule has 4 nitrogen and oxygen atoms in total. The summed E-state index contributed by atoms with van der Waals surface area (Å²) in [6, 6.07) is 7.60. The predicted molar refractivity (Wildman–Crippen MR) is 70.4 cm³/mol. The molecule has 2 rings (SSSR count). The molecule has 0 saturated heterocycles. The zero-order valence-corrected chi connectivity index (χ0v) is 11.2. The molecule has 0 aliphatic carbocycles. The van der Waals surface area contributed by atoms with Crippen LogP contribution in [0.15, 0.2) is 28.8 Å². The van der Waals surface area contributed by atoms with Gasteiger partial charge < -0.3 is 10.3 Å². The van der Waals surface area contributed by atoms with Gasteiger partial charge in [-0.25, -0.2) is 0 Å². The van der Waals surface area contributed by atoms with Crippen molar-refractivity contribution in [3.8, 4) is 0 Å². The lowest BCUT2D eigenvalue weighted by Crippen LogP contribution is -2.32.